The van der Waals surface area contributed by atoms with E-state index >= 15 is 0 Å². The maximum Gasteiger partial charge on any atom is 0.0630 e. The van der Waals surface area contributed by atoms with Crippen molar-refractivity contribution in [1.82, 2.24) is 0 Å². The molecule has 3 rings (SSSR count). The maximum absolute atomic E-state index is 4.68. The van der Waals surface area contributed by atoms with Crippen LogP contribution in [0.4, 0.5) is 11.4 Å². The van der Waals surface area contributed by atoms with Crippen LogP contribution in [-0.2, 0) is 12.8 Å². The molecule has 3 aromatic rings. The van der Waals surface area contributed by atoms with Gasteiger partial charge in [0.25, 0.3) is 0 Å². The van der Waals surface area contributed by atoms with Crippen LogP contribution in [0.1, 0.15) is 139 Å². The van der Waals surface area contributed by atoms with E-state index in [0.29, 0.717) is 0 Å². The molecule has 42 heavy (non-hydrogen) atoms. The molecule has 0 saturated carbocycles. The molecule has 0 aliphatic carbocycles. The molecule has 2 nitrogen and oxygen atoms in total. The number of aryl methyl sites for hydroxylation is 2. The molecular formula is C40H56N2. The van der Waals surface area contributed by atoms with Gasteiger partial charge >= 0.3 is 0 Å². The first-order valence-electron chi connectivity index (χ1n) is 17.1. The molecule has 0 N–H and O–H groups in total. The molecule has 226 valence electrons. The summed E-state index contributed by atoms with van der Waals surface area (Å²) in [6, 6.07) is 25.9. The Labute approximate surface area is 257 Å². The van der Waals surface area contributed by atoms with Gasteiger partial charge in [0.1, 0.15) is 0 Å². The Balaban J connectivity index is 1.33. The molecule has 3 aromatic carbocycles. The lowest BCUT2D eigenvalue weighted by atomic mass is 10.0. The summed E-state index contributed by atoms with van der Waals surface area (Å²) in [6.07, 6.45) is 28.1. The summed E-state index contributed by atoms with van der Waals surface area (Å²) < 4.78 is 0. The van der Waals surface area contributed by atoms with Crippen LogP contribution in [0, 0.1) is 0 Å². The van der Waals surface area contributed by atoms with Gasteiger partial charge in [0.05, 0.1) is 11.4 Å². The van der Waals surface area contributed by atoms with Crippen LogP contribution in [-0.4, -0.2) is 12.4 Å². The Bertz CT molecular complexity index is 1030. The van der Waals surface area contributed by atoms with Crippen molar-refractivity contribution in [3.8, 4) is 0 Å². The first-order chi connectivity index (χ1) is 20.8. The first kappa shape index (κ1) is 33.5. The second-order valence-electron chi connectivity index (χ2n) is 12.0. The molecule has 0 bridgehead atoms. The molecule has 0 amide bonds. The van der Waals surface area contributed by atoms with E-state index < -0.39 is 0 Å². The standard InChI is InChI=1S/C40H56N2/c1-3-5-7-9-11-13-15-17-19-35-25-29-39(30-26-35)41-33-37-21-23-38(24-22-37)34-42-40-31-27-36(28-32-40)20-18-16-14-12-10-8-6-4-2/h21-34H,3-20H2,1-2H3. The average molecular weight is 565 g/mol. The zero-order valence-electron chi connectivity index (χ0n) is 26.7. The van der Waals surface area contributed by atoms with Gasteiger partial charge < -0.3 is 0 Å². The van der Waals surface area contributed by atoms with E-state index in [1.807, 2.05) is 12.4 Å². The number of hydrogen-bond donors (Lipinski definition) is 0. The molecule has 0 aliphatic rings. The number of benzene rings is 3. The molecule has 0 saturated heterocycles. The third kappa shape index (κ3) is 14.8. The zero-order chi connectivity index (χ0) is 29.5. The lowest BCUT2D eigenvalue weighted by molar-refractivity contribution is 0.575. The summed E-state index contributed by atoms with van der Waals surface area (Å²) >= 11 is 0. The number of hydrogen-bond acceptors (Lipinski definition) is 2. The van der Waals surface area contributed by atoms with Crippen molar-refractivity contribution < 1.29 is 0 Å². The van der Waals surface area contributed by atoms with Gasteiger partial charge in [-0.15, -0.1) is 0 Å². The summed E-state index contributed by atoms with van der Waals surface area (Å²) in [6.45, 7) is 4.56. The SMILES string of the molecule is CCCCCCCCCCc1ccc(N=Cc2ccc(C=Nc3ccc(CCCCCCCCCC)cc3)cc2)cc1. The molecular weight excluding hydrogens is 508 g/mol. The van der Waals surface area contributed by atoms with Gasteiger partial charge in [0, 0.05) is 12.4 Å². The van der Waals surface area contributed by atoms with Crippen molar-refractivity contribution in [2.75, 3.05) is 0 Å². The molecule has 0 fully saturated rings. The summed E-state index contributed by atoms with van der Waals surface area (Å²) in [5.41, 5.74) is 7.04. The zero-order valence-corrected chi connectivity index (χ0v) is 26.7. The highest BCUT2D eigenvalue weighted by Crippen LogP contribution is 2.18. The van der Waals surface area contributed by atoms with Crippen LogP contribution in [0.15, 0.2) is 82.8 Å². The minimum Gasteiger partial charge on any atom is -0.256 e. The molecule has 0 aromatic heterocycles. The van der Waals surface area contributed by atoms with Gasteiger partial charge in [-0.2, -0.15) is 0 Å². The van der Waals surface area contributed by atoms with Crippen LogP contribution < -0.4 is 0 Å². The molecule has 0 aliphatic heterocycles. The number of unbranched alkanes of at least 4 members (excludes halogenated alkanes) is 14. The maximum atomic E-state index is 4.68. The predicted octanol–water partition coefficient (Wildman–Crippen LogP) is 12.6. The highest BCUT2D eigenvalue weighted by atomic mass is 14.7. The fourth-order valence-corrected chi connectivity index (χ4v) is 5.39. The molecule has 0 spiro atoms. The number of aliphatic imine (C=N–C) groups is 2. The molecule has 0 atom stereocenters. The first-order valence-corrected chi connectivity index (χ1v) is 17.1. The van der Waals surface area contributed by atoms with Crippen LogP contribution >= 0.6 is 0 Å². The highest BCUT2D eigenvalue weighted by Gasteiger charge is 1.98. The topological polar surface area (TPSA) is 24.7 Å². The van der Waals surface area contributed by atoms with Gasteiger partial charge in [0.15, 0.2) is 0 Å². The van der Waals surface area contributed by atoms with Gasteiger partial charge in [-0.25, -0.2) is 0 Å². The Morgan fingerprint density at radius 3 is 1.02 bits per heavy atom. The Hall–Kier alpha value is -3.00. The molecule has 0 heterocycles. The van der Waals surface area contributed by atoms with Gasteiger partial charge in [-0.05, 0) is 72.2 Å². The molecule has 2 heteroatoms. The largest absolute Gasteiger partial charge is 0.256 e. The Kier molecular flexibility index (Phi) is 17.3. The van der Waals surface area contributed by atoms with Crippen LogP contribution in [0.2, 0.25) is 0 Å². The third-order valence-corrected chi connectivity index (χ3v) is 8.17. The van der Waals surface area contributed by atoms with Crippen molar-refractivity contribution in [1.29, 1.82) is 0 Å². The van der Waals surface area contributed by atoms with Crippen LogP contribution in [0.5, 0.6) is 0 Å². The summed E-state index contributed by atoms with van der Waals surface area (Å²) in [7, 11) is 0. The monoisotopic (exact) mass is 564 g/mol. The van der Waals surface area contributed by atoms with E-state index in [1.165, 1.54) is 127 Å². The predicted molar refractivity (Wildman–Crippen MR) is 186 cm³/mol. The van der Waals surface area contributed by atoms with Crippen molar-refractivity contribution >= 4 is 23.8 Å². The Morgan fingerprint density at radius 1 is 0.381 bits per heavy atom. The summed E-state index contributed by atoms with van der Waals surface area (Å²) in [4.78, 5) is 9.36. The quantitative estimate of drug-likeness (QED) is 0.0856. The van der Waals surface area contributed by atoms with Crippen LogP contribution in [0.25, 0.3) is 0 Å². The number of nitrogens with zero attached hydrogens (tertiary/aromatic N) is 2. The van der Waals surface area contributed by atoms with E-state index in [4.69, 9.17) is 0 Å². The van der Waals surface area contributed by atoms with E-state index in [0.717, 1.165) is 22.5 Å². The van der Waals surface area contributed by atoms with E-state index in [1.54, 1.807) is 0 Å². The minimum atomic E-state index is 1.01. The van der Waals surface area contributed by atoms with Crippen LogP contribution in [0.3, 0.4) is 0 Å². The number of rotatable bonds is 22. The van der Waals surface area contributed by atoms with Crippen molar-refractivity contribution in [2.45, 2.75) is 129 Å². The van der Waals surface area contributed by atoms with Crippen molar-refractivity contribution in [2.24, 2.45) is 9.98 Å². The summed E-state index contributed by atoms with van der Waals surface area (Å²) in [5.74, 6) is 0. The van der Waals surface area contributed by atoms with Crippen molar-refractivity contribution in [3.05, 3.63) is 95.1 Å². The van der Waals surface area contributed by atoms with E-state index in [9.17, 15) is 0 Å². The van der Waals surface area contributed by atoms with Crippen molar-refractivity contribution in [3.63, 3.8) is 0 Å². The lowest BCUT2D eigenvalue weighted by Gasteiger charge is -2.03. The minimum absolute atomic E-state index is 1.01. The summed E-state index contributed by atoms with van der Waals surface area (Å²) in [5, 5.41) is 0. The molecule has 0 radical (unpaired) electrons. The highest BCUT2D eigenvalue weighted by molar-refractivity contribution is 5.86. The van der Waals surface area contributed by atoms with Gasteiger partial charge in [-0.1, -0.05) is 152 Å². The Morgan fingerprint density at radius 2 is 0.690 bits per heavy atom. The van der Waals surface area contributed by atoms with Gasteiger partial charge in [0.2, 0.25) is 0 Å². The normalized spacial score (nSPS) is 11.7. The van der Waals surface area contributed by atoms with E-state index in [2.05, 4.69) is 96.6 Å². The van der Waals surface area contributed by atoms with E-state index in [-0.39, 0.29) is 0 Å². The second kappa shape index (κ2) is 21.7. The third-order valence-electron chi connectivity index (χ3n) is 8.17. The fraction of sp³-hybridized carbons (Fsp3) is 0.500. The fourth-order valence-electron chi connectivity index (χ4n) is 5.39. The second-order valence-corrected chi connectivity index (χ2v) is 12.0. The lowest BCUT2D eigenvalue weighted by Crippen LogP contribution is -1.87. The van der Waals surface area contributed by atoms with Gasteiger partial charge in [-0.3, -0.25) is 9.98 Å². The smallest absolute Gasteiger partial charge is 0.0630 e. The molecule has 0 unspecified atom stereocenters. The average Bonchev–Trinajstić information content (AvgIpc) is 3.03.